The number of piperazine rings is 1. The van der Waals surface area contributed by atoms with E-state index in [0.29, 0.717) is 12.1 Å². The summed E-state index contributed by atoms with van der Waals surface area (Å²) in [7, 11) is 2.22. The maximum Gasteiger partial charge on any atom is 0.0250 e. The second-order valence-corrected chi connectivity index (χ2v) is 5.66. The average molecular weight is 225 g/mol. The van der Waals surface area contributed by atoms with Crippen molar-refractivity contribution in [2.45, 2.75) is 44.7 Å². The summed E-state index contributed by atoms with van der Waals surface area (Å²) in [5.74, 6) is 0.921. The van der Waals surface area contributed by atoms with Crippen LogP contribution in [0.1, 0.15) is 32.6 Å². The third kappa shape index (κ3) is 2.76. The Kier molecular flexibility index (Phi) is 4.22. The Balaban J connectivity index is 1.90. The van der Waals surface area contributed by atoms with Crippen molar-refractivity contribution in [3.8, 4) is 0 Å². The summed E-state index contributed by atoms with van der Waals surface area (Å²) in [5.41, 5.74) is 6.31. The summed E-state index contributed by atoms with van der Waals surface area (Å²) in [6, 6.07) is 1.08. The molecule has 3 atom stereocenters. The summed E-state index contributed by atoms with van der Waals surface area (Å²) in [4.78, 5) is 5.06. The molecule has 16 heavy (non-hydrogen) atoms. The lowest BCUT2D eigenvalue weighted by Crippen LogP contribution is -2.56. The fraction of sp³-hybridized carbons (Fsp3) is 1.00. The molecule has 0 amide bonds. The summed E-state index contributed by atoms with van der Waals surface area (Å²) < 4.78 is 0. The second-order valence-electron chi connectivity index (χ2n) is 5.66. The van der Waals surface area contributed by atoms with Crippen LogP contribution in [0.5, 0.6) is 0 Å². The van der Waals surface area contributed by atoms with Crippen LogP contribution in [0, 0.1) is 5.92 Å². The van der Waals surface area contributed by atoms with Gasteiger partial charge in [-0.3, -0.25) is 4.90 Å². The molecule has 3 nitrogen and oxygen atoms in total. The molecule has 1 aliphatic carbocycles. The maximum absolute atomic E-state index is 6.31. The van der Waals surface area contributed by atoms with Gasteiger partial charge < -0.3 is 10.6 Å². The van der Waals surface area contributed by atoms with Crippen molar-refractivity contribution in [1.29, 1.82) is 0 Å². The van der Waals surface area contributed by atoms with Crippen LogP contribution in [0.15, 0.2) is 0 Å². The van der Waals surface area contributed by atoms with Crippen LogP contribution in [0.4, 0.5) is 0 Å². The minimum atomic E-state index is 0.422. The van der Waals surface area contributed by atoms with Crippen LogP contribution < -0.4 is 5.73 Å². The number of nitrogens with two attached hydrogens (primary N) is 1. The van der Waals surface area contributed by atoms with Crippen LogP contribution in [0.2, 0.25) is 0 Å². The van der Waals surface area contributed by atoms with Crippen LogP contribution >= 0.6 is 0 Å². The highest BCUT2D eigenvalue weighted by atomic mass is 15.3. The molecule has 0 aromatic heterocycles. The highest BCUT2D eigenvalue weighted by Gasteiger charge is 2.32. The lowest BCUT2D eigenvalue weighted by molar-refractivity contribution is 0.0646. The van der Waals surface area contributed by atoms with Crippen molar-refractivity contribution >= 4 is 0 Å². The van der Waals surface area contributed by atoms with Gasteiger partial charge >= 0.3 is 0 Å². The summed E-state index contributed by atoms with van der Waals surface area (Å²) in [6.07, 6.45) is 5.25. The molecule has 0 aromatic rings. The van der Waals surface area contributed by atoms with Gasteiger partial charge in [0.2, 0.25) is 0 Å². The molecule has 0 bridgehead atoms. The first-order chi connectivity index (χ1) is 7.70. The quantitative estimate of drug-likeness (QED) is 0.765. The summed E-state index contributed by atoms with van der Waals surface area (Å²) in [6.45, 7) is 7.17. The zero-order valence-electron chi connectivity index (χ0n) is 10.9. The average Bonchev–Trinajstić information content (AvgIpc) is 2.31. The second kappa shape index (κ2) is 5.48. The standard InChI is InChI=1S/C13H27N3/c1-3-11-4-5-12(14)13(10-11)16-8-6-15(2)7-9-16/h11-13H,3-10,14H2,1-2H3. The number of nitrogens with zero attached hydrogens (tertiary/aromatic N) is 2. The maximum atomic E-state index is 6.31. The Morgan fingerprint density at radius 3 is 2.44 bits per heavy atom. The van der Waals surface area contributed by atoms with Gasteiger partial charge in [0.15, 0.2) is 0 Å². The van der Waals surface area contributed by atoms with Gasteiger partial charge in [0.1, 0.15) is 0 Å². The number of rotatable bonds is 2. The van der Waals surface area contributed by atoms with Crippen LogP contribution in [-0.2, 0) is 0 Å². The molecule has 3 unspecified atom stereocenters. The molecular formula is C13H27N3. The molecule has 3 heteroatoms. The normalized spacial score (nSPS) is 38.8. The van der Waals surface area contributed by atoms with Gasteiger partial charge in [-0.05, 0) is 32.2 Å². The summed E-state index contributed by atoms with van der Waals surface area (Å²) in [5, 5.41) is 0. The van der Waals surface area contributed by atoms with E-state index in [9.17, 15) is 0 Å². The number of hydrogen-bond donors (Lipinski definition) is 1. The zero-order chi connectivity index (χ0) is 11.5. The van der Waals surface area contributed by atoms with Gasteiger partial charge in [-0.15, -0.1) is 0 Å². The molecule has 1 saturated heterocycles. The van der Waals surface area contributed by atoms with Gasteiger partial charge in [0, 0.05) is 38.3 Å². The van der Waals surface area contributed by atoms with Crippen molar-refractivity contribution in [2.24, 2.45) is 11.7 Å². The molecule has 0 spiro atoms. The minimum Gasteiger partial charge on any atom is -0.326 e. The molecule has 2 N–H and O–H groups in total. The summed E-state index contributed by atoms with van der Waals surface area (Å²) >= 11 is 0. The first kappa shape index (κ1) is 12.3. The number of hydrogen-bond acceptors (Lipinski definition) is 3. The molecule has 2 fully saturated rings. The Morgan fingerprint density at radius 1 is 1.12 bits per heavy atom. The third-order valence-corrected chi connectivity index (χ3v) is 4.56. The highest BCUT2D eigenvalue weighted by Crippen LogP contribution is 2.29. The van der Waals surface area contributed by atoms with E-state index in [4.69, 9.17) is 5.73 Å². The van der Waals surface area contributed by atoms with Crippen molar-refractivity contribution in [1.82, 2.24) is 9.80 Å². The first-order valence-corrected chi connectivity index (χ1v) is 6.89. The van der Waals surface area contributed by atoms with Gasteiger partial charge in [0.05, 0.1) is 0 Å². The predicted octanol–water partition coefficient (Wildman–Crippen LogP) is 1.14. The Bertz CT molecular complexity index is 211. The van der Waals surface area contributed by atoms with Gasteiger partial charge in [0.25, 0.3) is 0 Å². The molecule has 94 valence electrons. The highest BCUT2D eigenvalue weighted by molar-refractivity contribution is 4.90. The fourth-order valence-electron chi connectivity index (χ4n) is 3.20. The molecule has 0 radical (unpaired) electrons. The Hall–Kier alpha value is -0.120. The molecule has 2 aliphatic rings. The SMILES string of the molecule is CCC1CCC(N)C(N2CCN(C)CC2)C1. The van der Waals surface area contributed by atoms with E-state index >= 15 is 0 Å². The first-order valence-electron chi connectivity index (χ1n) is 6.89. The predicted molar refractivity (Wildman–Crippen MR) is 68.5 cm³/mol. The lowest BCUT2D eigenvalue weighted by atomic mass is 9.80. The number of likely N-dealkylation sites (N-methyl/N-ethyl adjacent to an activating group) is 1. The zero-order valence-corrected chi connectivity index (χ0v) is 10.9. The van der Waals surface area contributed by atoms with E-state index in [-0.39, 0.29) is 0 Å². The monoisotopic (exact) mass is 225 g/mol. The van der Waals surface area contributed by atoms with Crippen molar-refractivity contribution in [3.05, 3.63) is 0 Å². The molecule has 1 saturated carbocycles. The molecule has 2 rings (SSSR count). The third-order valence-electron chi connectivity index (χ3n) is 4.56. The molecule has 1 aliphatic heterocycles. The smallest absolute Gasteiger partial charge is 0.0250 e. The van der Waals surface area contributed by atoms with Crippen molar-refractivity contribution < 1.29 is 0 Å². The van der Waals surface area contributed by atoms with Crippen LogP contribution in [0.25, 0.3) is 0 Å². The molecule has 0 aromatic carbocycles. The van der Waals surface area contributed by atoms with E-state index in [2.05, 4.69) is 23.8 Å². The van der Waals surface area contributed by atoms with E-state index in [1.54, 1.807) is 0 Å². The fourth-order valence-corrected chi connectivity index (χ4v) is 3.20. The molecular weight excluding hydrogens is 198 g/mol. The van der Waals surface area contributed by atoms with Crippen molar-refractivity contribution in [3.63, 3.8) is 0 Å². The topological polar surface area (TPSA) is 32.5 Å². The Morgan fingerprint density at radius 2 is 1.81 bits per heavy atom. The molecule has 1 heterocycles. The Labute approximate surface area is 100.0 Å². The van der Waals surface area contributed by atoms with Crippen molar-refractivity contribution in [2.75, 3.05) is 33.2 Å². The van der Waals surface area contributed by atoms with E-state index in [1.807, 2.05) is 0 Å². The van der Waals surface area contributed by atoms with E-state index in [0.717, 1.165) is 5.92 Å². The lowest BCUT2D eigenvalue weighted by Gasteiger charge is -2.44. The minimum absolute atomic E-state index is 0.422. The van der Waals surface area contributed by atoms with Gasteiger partial charge in [-0.2, -0.15) is 0 Å². The van der Waals surface area contributed by atoms with Gasteiger partial charge in [-0.25, -0.2) is 0 Å². The van der Waals surface area contributed by atoms with E-state index < -0.39 is 0 Å². The van der Waals surface area contributed by atoms with Crippen LogP contribution in [-0.4, -0.2) is 55.1 Å². The largest absolute Gasteiger partial charge is 0.326 e. The van der Waals surface area contributed by atoms with Crippen LogP contribution in [0.3, 0.4) is 0 Å². The van der Waals surface area contributed by atoms with E-state index in [1.165, 1.54) is 51.9 Å². The van der Waals surface area contributed by atoms with Gasteiger partial charge in [-0.1, -0.05) is 13.3 Å².